The minimum Gasteiger partial charge on any atom is -0.244 e. The number of rotatable bonds is 4. The van der Waals surface area contributed by atoms with Crippen molar-refractivity contribution in [3.63, 3.8) is 0 Å². The van der Waals surface area contributed by atoms with Crippen LogP contribution in [0.25, 0.3) is 0 Å². The molecule has 0 aromatic rings. The fraction of sp³-hybridized carbons (Fsp3) is 0.857. The molecule has 0 aliphatic heterocycles. The molecule has 2 unspecified atom stereocenters. The predicted molar refractivity (Wildman–Crippen MR) is 35.3 cm³/mol. The van der Waals surface area contributed by atoms with E-state index in [2.05, 4.69) is 6.92 Å². The maximum Gasteiger partial charge on any atom is 0.281 e. The van der Waals surface area contributed by atoms with Crippen molar-refractivity contribution < 1.29 is 22.0 Å². The van der Waals surface area contributed by atoms with Crippen molar-refractivity contribution in [1.82, 2.24) is 0 Å². The Hall–Kier alpha value is -0.350. The second kappa shape index (κ2) is 4.05. The zero-order valence-corrected chi connectivity index (χ0v) is 6.54. The van der Waals surface area contributed by atoms with Gasteiger partial charge in [-0.05, 0) is 13.8 Å². The molecule has 0 spiro atoms. The summed E-state index contributed by atoms with van der Waals surface area (Å²) in [5.41, 5.74) is 0. The van der Waals surface area contributed by atoms with Crippen LogP contribution in [0.4, 0.5) is 22.0 Å². The molecule has 0 amide bonds. The van der Waals surface area contributed by atoms with Crippen molar-refractivity contribution >= 4 is 0 Å². The van der Waals surface area contributed by atoms with Gasteiger partial charge in [-0.3, -0.25) is 0 Å². The Morgan fingerprint density at radius 1 is 1.25 bits per heavy atom. The van der Waals surface area contributed by atoms with Gasteiger partial charge in [-0.25, -0.2) is 22.0 Å². The minimum absolute atomic E-state index is 0.691. The van der Waals surface area contributed by atoms with Gasteiger partial charge < -0.3 is 0 Å². The first kappa shape index (κ1) is 11.6. The van der Waals surface area contributed by atoms with Gasteiger partial charge in [-0.2, -0.15) is 0 Å². The van der Waals surface area contributed by atoms with Crippen LogP contribution in [-0.4, -0.2) is 24.4 Å². The van der Waals surface area contributed by atoms with Crippen LogP contribution in [0.1, 0.15) is 13.3 Å². The molecule has 0 aromatic heterocycles. The Morgan fingerprint density at radius 3 is 1.92 bits per heavy atom. The molecule has 0 heterocycles. The molecule has 3 atom stereocenters. The average molecular weight is 189 g/mol. The van der Waals surface area contributed by atoms with E-state index >= 15 is 0 Å². The lowest BCUT2D eigenvalue weighted by molar-refractivity contribution is -0.108. The molecule has 1 radical (unpaired) electrons. The number of hydrogen-bond acceptors (Lipinski definition) is 0. The van der Waals surface area contributed by atoms with Crippen molar-refractivity contribution in [2.45, 2.75) is 37.8 Å². The number of halogens is 5. The topological polar surface area (TPSA) is 0 Å². The van der Waals surface area contributed by atoms with Crippen molar-refractivity contribution in [1.29, 1.82) is 0 Å². The fourth-order valence-electron chi connectivity index (χ4n) is 0.604. The van der Waals surface area contributed by atoms with Crippen LogP contribution in [-0.2, 0) is 0 Å². The van der Waals surface area contributed by atoms with E-state index in [0.717, 1.165) is 0 Å². The minimum atomic E-state index is -3.89. The third kappa shape index (κ3) is 2.60. The predicted octanol–water partition coefficient (Wildman–Crippen LogP) is 2.88. The van der Waals surface area contributed by atoms with E-state index in [-0.39, 0.29) is 0 Å². The Kier molecular flexibility index (Phi) is 3.93. The van der Waals surface area contributed by atoms with E-state index in [9.17, 15) is 22.0 Å². The maximum atomic E-state index is 12.4. The second-order valence-electron chi connectivity index (χ2n) is 2.53. The highest BCUT2D eigenvalue weighted by Crippen LogP contribution is 2.30. The van der Waals surface area contributed by atoms with Gasteiger partial charge in [0.15, 0.2) is 12.3 Å². The summed E-state index contributed by atoms with van der Waals surface area (Å²) in [4.78, 5) is 0. The zero-order chi connectivity index (χ0) is 9.94. The molecule has 0 saturated carbocycles. The van der Waals surface area contributed by atoms with Crippen molar-refractivity contribution in [2.75, 3.05) is 0 Å². The molecule has 0 nitrogen and oxygen atoms in total. The molecule has 0 aliphatic rings. The molecule has 0 rings (SSSR count). The molecular formula is C7H10F5. The van der Waals surface area contributed by atoms with Crippen molar-refractivity contribution in [2.24, 2.45) is 0 Å². The van der Waals surface area contributed by atoms with E-state index in [0.29, 0.717) is 6.92 Å². The summed E-state index contributed by atoms with van der Waals surface area (Å²) in [5, 5.41) is 0. The van der Waals surface area contributed by atoms with Crippen LogP contribution < -0.4 is 0 Å². The van der Waals surface area contributed by atoms with E-state index in [1.54, 1.807) is 0 Å². The van der Waals surface area contributed by atoms with Gasteiger partial charge in [-0.1, -0.05) is 0 Å². The summed E-state index contributed by atoms with van der Waals surface area (Å²) in [7, 11) is 0. The van der Waals surface area contributed by atoms with E-state index in [4.69, 9.17) is 0 Å². The monoisotopic (exact) mass is 189 g/mol. The lowest BCUT2D eigenvalue weighted by Crippen LogP contribution is -2.40. The Bertz CT molecular complexity index is 134. The van der Waals surface area contributed by atoms with Crippen LogP contribution >= 0.6 is 0 Å². The second-order valence-corrected chi connectivity index (χ2v) is 2.53. The molecule has 0 saturated heterocycles. The largest absolute Gasteiger partial charge is 0.281 e. The summed E-state index contributed by atoms with van der Waals surface area (Å²) >= 11 is 0. The normalized spacial score (nSPS) is 20.2. The summed E-state index contributed by atoms with van der Waals surface area (Å²) in [5.74, 6) is -3.89. The Morgan fingerprint density at radius 2 is 1.67 bits per heavy atom. The Labute approximate surface area is 67.8 Å². The van der Waals surface area contributed by atoms with Crippen molar-refractivity contribution in [3.8, 4) is 0 Å². The fourth-order valence-corrected chi connectivity index (χ4v) is 0.604. The molecule has 0 bridgehead atoms. The zero-order valence-electron chi connectivity index (χ0n) is 6.54. The van der Waals surface area contributed by atoms with Crippen LogP contribution in [0.5, 0.6) is 0 Å². The lowest BCUT2D eigenvalue weighted by Gasteiger charge is -2.22. The van der Waals surface area contributed by atoms with E-state index in [1.165, 1.54) is 0 Å². The van der Waals surface area contributed by atoms with Crippen LogP contribution in [0, 0.1) is 6.92 Å². The van der Waals surface area contributed by atoms with Gasteiger partial charge in [0.1, 0.15) is 6.17 Å². The van der Waals surface area contributed by atoms with Gasteiger partial charge in [0, 0.05) is 6.42 Å². The number of alkyl halides is 5. The summed E-state index contributed by atoms with van der Waals surface area (Å²) in [6, 6.07) is 0. The maximum absolute atomic E-state index is 12.4. The van der Waals surface area contributed by atoms with Crippen LogP contribution in [0.15, 0.2) is 0 Å². The molecule has 73 valence electrons. The van der Waals surface area contributed by atoms with E-state index < -0.39 is 30.9 Å². The molecule has 0 N–H and O–H groups in total. The lowest BCUT2D eigenvalue weighted by atomic mass is 10.0. The van der Waals surface area contributed by atoms with Gasteiger partial charge >= 0.3 is 0 Å². The van der Waals surface area contributed by atoms with Crippen LogP contribution in [0.3, 0.4) is 0 Å². The summed E-state index contributed by atoms with van der Waals surface area (Å²) < 4.78 is 61.4. The van der Waals surface area contributed by atoms with Crippen molar-refractivity contribution in [3.05, 3.63) is 6.92 Å². The highest BCUT2D eigenvalue weighted by molar-refractivity contribution is 4.86. The highest BCUT2D eigenvalue weighted by atomic mass is 19.3. The SMILES string of the molecule is [CH2]CC(F)(F)[C@@H](F)C(F)C(C)F. The van der Waals surface area contributed by atoms with Crippen LogP contribution in [0.2, 0.25) is 0 Å². The van der Waals surface area contributed by atoms with Gasteiger partial charge in [0.05, 0.1) is 0 Å². The molecule has 0 fully saturated rings. The third-order valence-electron chi connectivity index (χ3n) is 1.46. The summed E-state index contributed by atoms with van der Waals surface area (Å²) in [6.45, 7) is 3.43. The molecule has 12 heavy (non-hydrogen) atoms. The summed E-state index contributed by atoms with van der Waals surface area (Å²) in [6.07, 6.45) is -9.23. The van der Waals surface area contributed by atoms with Gasteiger partial charge in [0.25, 0.3) is 5.92 Å². The third-order valence-corrected chi connectivity index (χ3v) is 1.46. The standard InChI is InChI=1S/C7H10F5/c1-3-7(11,12)6(10)5(9)4(2)8/h4-6H,1,3H2,2H3/t4?,5?,6-/m0/s1. The smallest absolute Gasteiger partial charge is 0.244 e. The first-order valence-electron chi connectivity index (χ1n) is 3.42. The van der Waals surface area contributed by atoms with Gasteiger partial charge in [0.2, 0.25) is 0 Å². The first-order valence-corrected chi connectivity index (χ1v) is 3.42. The highest BCUT2D eigenvalue weighted by Gasteiger charge is 2.45. The first-order chi connectivity index (χ1) is 5.33. The Balaban J connectivity index is 4.27. The average Bonchev–Trinajstić information content (AvgIpc) is 2.01. The molecule has 5 heteroatoms. The quantitative estimate of drug-likeness (QED) is 0.596. The van der Waals surface area contributed by atoms with Gasteiger partial charge in [-0.15, -0.1) is 0 Å². The molecule has 0 aromatic carbocycles. The van der Waals surface area contributed by atoms with E-state index in [1.807, 2.05) is 0 Å². The number of hydrogen-bond donors (Lipinski definition) is 0. The molecular weight excluding hydrogens is 179 g/mol. The molecule has 0 aliphatic carbocycles.